The minimum atomic E-state index is -0.549. The molecule has 4 heteroatoms. The summed E-state index contributed by atoms with van der Waals surface area (Å²) in [5, 5.41) is 9.76. The molecule has 0 amide bonds. The Morgan fingerprint density at radius 2 is 1.83 bits per heavy atom. The molecule has 2 bridgehead atoms. The lowest BCUT2D eigenvalue weighted by Crippen LogP contribution is -2.32. The Labute approximate surface area is 144 Å². The van der Waals surface area contributed by atoms with E-state index in [1.165, 1.54) is 18.2 Å². The number of esters is 1. The molecular weight excluding hydrogens is 304 g/mol. The van der Waals surface area contributed by atoms with Gasteiger partial charge in [-0.05, 0) is 56.6 Å². The lowest BCUT2D eigenvalue weighted by Gasteiger charge is -2.28. The topological polar surface area (TPSA) is 55.8 Å². The molecule has 4 nitrogen and oxygen atoms in total. The monoisotopic (exact) mass is 332 g/mol. The number of aliphatic hydroxyl groups is 1. The minimum Gasteiger partial charge on any atom is -0.469 e. The fraction of sp³-hybridized carbons (Fsp3) is 0.650. The van der Waals surface area contributed by atoms with Crippen LogP contribution in [0.15, 0.2) is 24.3 Å². The predicted molar refractivity (Wildman–Crippen MR) is 91.6 cm³/mol. The second-order valence-electron chi connectivity index (χ2n) is 7.83. The average Bonchev–Trinajstić information content (AvgIpc) is 3.16. The molecule has 2 heterocycles. The fourth-order valence-electron chi connectivity index (χ4n) is 4.41. The predicted octanol–water partition coefficient (Wildman–Crippen LogP) is 2.76. The molecule has 0 saturated carbocycles. The van der Waals surface area contributed by atoms with E-state index >= 15 is 0 Å². The second-order valence-corrected chi connectivity index (χ2v) is 7.83. The standard InChI is InChI=1S/C20H28O4/c1-20(2,19(22)23-3)11-14-7-5-4-6-13(14)10-15-16(12-21)18-9-8-17(15)24-18/h4-7,15-18,21H,8-12H2,1-3H3/t15-,16+,17+,18-/m1/s1. The zero-order chi connectivity index (χ0) is 17.3. The first-order valence-electron chi connectivity index (χ1n) is 8.88. The van der Waals surface area contributed by atoms with Crippen LogP contribution in [0.2, 0.25) is 0 Å². The first-order chi connectivity index (χ1) is 11.5. The molecule has 4 atom stereocenters. The summed E-state index contributed by atoms with van der Waals surface area (Å²) in [4.78, 5) is 12.0. The van der Waals surface area contributed by atoms with Crippen LogP contribution in [0.5, 0.6) is 0 Å². The summed E-state index contributed by atoms with van der Waals surface area (Å²) in [6.07, 6.45) is 4.23. The van der Waals surface area contributed by atoms with Crippen molar-refractivity contribution in [1.82, 2.24) is 0 Å². The summed E-state index contributed by atoms with van der Waals surface area (Å²) in [5.74, 6) is 0.426. The molecule has 0 spiro atoms. The quantitative estimate of drug-likeness (QED) is 0.814. The zero-order valence-corrected chi connectivity index (χ0v) is 14.8. The van der Waals surface area contributed by atoms with Crippen LogP contribution < -0.4 is 0 Å². The third-order valence-corrected chi connectivity index (χ3v) is 5.75. The van der Waals surface area contributed by atoms with Crippen molar-refractivity contribution in [2.75, 3.05) is 13.7 Å². The Morgan fingerprint density at radius 3 is 2.46 bits per heavy atom. The summed E-state index contributed by atoms with van der Waals surface area (Å²) >= 11 is 0. The van der Waals surface area contributed by atoms with Crippen molar-refractivity contribution in [2.45, 2.75) is 51.7 Å². The highest BCUT2D eigenvalue weighted by Gasteiger charge is 2.48. The molecule has 0 unspecified atom stereocenters. The Hall–Kier alpha value is -1.39. The van der Waals surface area contributed by atoms with Gasteiger partial charge in [-0.2, -0.15) is 0 Å². The van der Waals surface area contributed by atoms with E-state index in [1.807, 2.05) is 26.0 Å². The van der Waals surface area contributed by atoms with Crippen LogP contribution >= 0.6 is 0 Å². The van der Waals surface area contributed by atoms with Crippen molar-refractivity contribution < 1.29 is 19.4 Å². The Morgan fingerprint density at radius 1 is 1.21 bits per heavy atom. The molecule has 1 aromatic rings. The summed E-state index contributed by atoms with van der Waals surface area (Å²) in [7, 11) is 1.44. The van der Waals surface area contributed by atoms with Crippen LogP contribution in [0.1, 0.15) is 37.8 Å². The molecule has 24 heavy (non-hydrogen) atoms. The highest BCUT2D eigenvalue weighted by molar-refractivity contribution is 5.76. The molecule has 0 aliphatic carbocycles. The third kappa shape index (κ3) is 3.22. The van der Waals surface area contributed by atoms with E-state index in [-0.39, 0.29) is 30.7 Å². The van der Waals surface area contributed by atoms with Crippen molar-refractivity contribution >= 4 is 5.97 Å². The van der Waals surface area contributed by atoms with Gasteiger partial charge in [0.15, 0.2) is 0 Å². The molecular formula is C20H28O4. The highest BCUT2D eigenvalue weighted by atomic mass is 16.5. The average molecular weight is 332 g/mol. The van der Waals surface area contributed by atoms with Gasteiger partial charge >= 0.3 is 5.97 Å². The van der Waals surface area contributed by atoms with Crippen LogP contribution in [0.3, 0.4) is 0 Å². The smallest absolute Gasteiger partial charge is 0.311 e. The molecule has 2 saturated heterocycles. The molecule has 2 aliphatic rings. The van der Waals surface area contributed by atoms with Gasteiger partial charge in [0.2, 0.25) is 0 Å². The van der Waals surface area contributed by atoms with Crippen molar-refractivity contribution in [1.29, 1.82) is 0 Å². The van der Waals surface area contributed by atoms with Gasteiger partial charge < -0.3 is 14.6 Å². The van der Waals surface area contributed by atoms with Gasteiger partial charge in [-0.25, -0.2) is 0 Å². The first-order valence-corrected chi connectivity index (χ1v) is 8.88. The van der Waals surface area contributed by atoms with Gasteiger partial charge in [-0.3, -0.25) is 4.79 Å². The minimum absolute atomic E-state index is 0.186. The van der Waals surface area contributed by atoms with Crippen molar-refractivity contribution in [3.63, 3.8) is 0 Å². The van der Waals surface area contributed by atoms with Gasteiger partial charge in [-0.15, -0.1) is 0 Å². The second kappa shape index (κ2) is 6.85. The van der Waals surface area contributed by atoms with E-state index in [0.29, 0.717) is 12.3 Å². The molecule has 0 radical (unpaired) electrons. The van der Waals surface area contributed by atoms with Crippen LogP contribution in [-0.2, 0) is 27.1 Å². The molecule has 1 N–H and O–H groups in total. The molecule has 1 aromatic carbocycles. The number of benzene rings is 1. The van der Waals surface area contributed by atoms with E-state index < -0.39 is 5.41 Å². The third-order valence-electron chi connectivity index (χ3n) is 5.75. The van der Waals surface area contributed by atoms with E-state index in [9.17, 15) is 9.90 Å². The molecule has 0 aromatic heterocycles. The number of hydrogen-bond acceptors (Lipinski definition) is 4. The number of aliphatic hydroxyl groups excluding tert-OH is 1. The SMILES string of the molecule is COC(=O)C(C)(C)Cc1ccccc1C[C@@H]1[C@H](CO)[C@H]2CC[C@@H]1O2. The number of fused-ring (bicyclic) bond motifs is 2. The Balaban J connectivity index is 1.79. The maximum absolute atomic E-state index is 12.0. The number of ether oxygens (including phenoxy) is 2. The van der Waals surface area contributed by atoms with Crippen molar-refractivity contribution in [3.05, 3.63) is 35.4 Å². The van der Waals surface area contributed by atoms with Crippen molar-refractivity contribution in [2.24, 2.45) is 17.3 Å². The van der Waals surface area contributed by atoms with Crippen LogP contribution in [0.4, 0.5) is 0 Å². The van der Waals surface area contributed by atoms with E-state index in [1.54, 1.807) is 0 Å². The van der Waals surface area contributed by atoms with Gasteiger partial charge in [0, 0.05) is 12.5 Å². The number of carbonyl (C=O) groups excluding carboxylic acids is 1. The Kier molecular flexibility index (Phi) is 4.97. The normalized spacial score (nSPS) is 29.0. The highest BCUT2D eigenvalue weighted by Crippen LogP contribution is 2.45. The number of carbonyl (C=O) groups is 1. The van der Waals surface area contributed by atoms with Gasteiger partial charge in [-0.1, -0.05) is 24.3 Å². The summed E-state index contributed by atoms with van der Waals surface area (Å²) in [6, 6.07) is 8.31. The van der Waals surface area contributed by atoms with E-state index in [4.69, 9.17) is 9.47 Å². The van der Waals surface area contributed by atoms with Crippen molar-refractivity contribution in [3.8, 4) is 0 Å². The molecule has 2 fully saturated rings. The largest absolute Gasteiger partial charge is 0.469 e. The lowest BCUT2D eigenvalue weighted by atomic mass is 9.75. The number of methoxy groups -OCH3 is 1. The maximum Gasteiger partial charge on any atom is 0.311 e. The van der Waals surface area contributed by atoms with Gasteiger partial charge in [0.25, 0.3) is 0 Å². The van der Waals surface area contributed by atoms with E-state index in [2.05, 4.69) is 12.1 Å². The lowest BCUT2D eigenvalue weighted by molar-refractivity contribution is -0.150. The van der Waals surface area contributed by atoms with Crippen LogP contribution in [-0.4, -0.2) is 37.0 Å². The van der Waals surface area contributed by atoms with Gasteiger partial charge in [0.05, 0.1) is 24.7 Å². The van der Waals surface area contributed by atoms with Crippen LogP contribution in [0.25, 0.3) is 0 Å². The number of rotatable bonds is 6. The zero-order valence-electron chi connectivity index (χ0n) is 14.8. The fourth-order valence-corrected chi connectivity index (χ4v) is 4.41. The van der Waals surface area contributed by atoms with E-state index in [0.717, 1.165) is 19.3 Å². The molecule has 132 valence electrons. The Bertz CT molecular complexity index is 595. The molecule has 3 rings (SSSR count). The molecule has 2 aliphatic heterocycles. The maximum atomic E-state index is 12.0. The van der Waals surface area contributed by atoms with Crippen LogP contribution in [0, 0.1) is 17.3 Å². The van der Waals surface area contributed by atoms with Gasteiger partial charge in [0.1, 0.15) is 0 Å². The summed E-state index contributed by atoms with van der Waals surface area (Å²) in [6.45, 7) is 4.04. The summed E-state index contributed by atoms with van der Waals surface area (Å²) in [5.41, 5.74) is 1.90. The first kappa shape index (κ1) is 17.4. The number of hydrogen-bond donors (Lipinski definition) is 1. The summed E-state index contributed by atoms with van der Waals surface area (Å²) < 4.78 is 11.0.